The number of benzene rings is 1. The maximum absolute atomic E-state index is 8.83. The molecule has 4 heteroatoms. The van der Waals surface area contributed by atoms with Crippen LogP contribution >= 0.6 is 0 Å². The highest BCUT2D eigenvalue weighted by Crippen LogP contribution is 2.30. The largest absolute Gasteiger partial charge is 0.493 e. The van der Waals surface area contributed by atoms with Crippen LogP contribution in [0.3, 0.4) is 0 Å². The smallest absolute Gasteiger partial charge is 0.161 e. The molecule has 1 aromatic rings. The van der Waals surface area contributed by atoms with Crippen molar-refractivity contribution in [1.29, 1.82) is 0 Å². The van der Waals surface area contributed by atoms with Gasteiger partial charge in [-0.1, -0.05) is 6.07 Å². The minimum Gasteiger partial charge on any atom is -0.493 e. The van der Waals surface area contributed by atoms with E-state index in [0.29, 0.717) is 24.5 Å². The Bertz CT molecular complexity index is 328. The van der Waals surface area contributed by atoms with Crippen molar-refractivity contribution in [2.75, 3.05) is 20.3 Å². The molecule has 0 radical (unpaired) electrons. The summed E-state index contributed by atoms with van der Waals surface area (Å²) in [6.45, 7) is 2.60. The molecule has 1 atom stereocenters. The van der Waals surface area contributed by atoms with Crippen LogP contribution in [0.1, 0.15) is 24.9 Å². The van der Waals surface area contributed by atoms with E-state index in [9.17, 15) is 0 Å². The summed E-state index contributed by atoms with van der Waals surface area (Å²) in [5.74, 6) is 1.39. The summed E-state index contributed by atoms with van der Waals surface area (Å²) in [5.41, 5.74) is 6.84. The fraction of sp³-hybridized carbons (Fsp3) is 0.500. The van der Waals surface area contributed by atoms with Crippen LogP contribution in [0.15, 0.2) is 18.2 Å². The van der Waals surface area contributed by atoms with Crippen LogP contribution in [0.2, 0.25) is 0 Å². The third-order valence-electron chi connectivity index (χ3n) is 2.36. The number of methoxy groups -OCH3 is 1. The molecule has 1 aromatic carbocycles. The van der Waals surface area contributed by atoms with Gasteiger partial charge in [-0.05, 0) is 31.0 Å². The quantitative estimate of drug-likeness (QED) is 0.769. The molecule has 0 fully saturated rings. The average molecular weight is 225 g/mol. The molecule has 0 unspecified atom stereocenters. The molecule has 0 amide bonds. The van der Waals surface area contributed by atoms with Crippen molar-refractivity contribution in [1.82, 2.24) is 0 Å². The van der Waals surface area contributed by atoms with Gasteiger partial charge in [0.2, 0.25) is 0 Å². The Hall–Kier alpha value is -1.26. The Morgan fingerprint density at radius 1 is 1.38 bits per heavy atom. The Kier molecular flexibility index (Phi) is 5.08. The lowest BCUT2D eigenvalue weighted by Gasteiger charge is -2.14. The molecule has 0 aromatic heterocycles. The van der Waals surface area contributed by atoms with Crippen LogP contribution < -0.4 is 15.2 Å². The summed E-state index contributed by atoms with van der Waals surface area (Å²) in [6, 6.07) is 5.42. The van der Waals surface area contributed by atoms with Crippen LogP contribution in [0.25, 0.3) is 0 Å². The van der Waals surface area contributed by atoms with E-state index < -0.39 is 0 Å². The summed E-state index contributed by atoms with van der Waals surface area (Å²) in [4.78, 5) is 0. The zero-order chi connectivity index (χ0) is 12.0. The van der Waals surface area contributed by atoms with E-state index in [1.807, 2.05) is 25.1 Å². The molecule has 1 rings (SSSR count). The average Bonchev–Trinajstić information content (AvgIpc) is 2.30. The molecule has 0 aliphatic heterocycles. The maximum atomic E-state index is 8.83. The highest BCUT2D eigenvalue weighted by atomic mass is 16.5. The van der Waals surface area contributed by atoms with Gasteiger partial charge >= 0.3 is 0 Å². The Balaban J connectivity index is 2.89. The monoisotopic (exact) mass is 225 g/mol. The molecular formula is C12H19NO3. The van der Waals surface area contributed by atoms with Crippen molar-refractivity contribution >= 4 is 0 Å². The Morgan fingerprint density at radius 3 is 2.69 bits per heavy atom. The van der Waals surface area contributed by atoms with E-state index in [1.54, 1.807) is 7.11 Å². The van der Waals surface area contributed by atoms with E-state index in [1.165, 1.54) is 0 Å². The number of aliphatic hydroxyl groups is 1. The molecule has 16 heavy (non-hydrogen) atoms. The van der Waals surface area contributed by atoms with E-state index in [0.717, 1.165) is 5.56 Å². The topological polar surface area (TPSA) is 64.7 Å². The molecule has 0 aliphatic carbocycles. The van der Waals surface area contributed by atoms with Gasteiger partial charge in [0.15, 0.2) is 11.5 Å². The van der Waals surface area contributed by atoms with Crippen molar-refractivity contribution in [3.8, 4) is 11.5 Å². The second-order valence-corrected chi connectivity index (χ2v) is 3.46. The number of nitrogens with two attached hydrogens (primary N) is 1. The minimum atomic E-state index is -0.172. The van der Waals surface area contributed by atoms with Gasteiger partial charge in [0.25, 0.3) is 0 Å². The lowest BCUT2D eigenvalue weighted by Crippen LogP contribution is -2.12. The number of rotatable bonds is 6. The molecule has 0 saturated heterocycles. The molecule has 0 spiro atoms. The fourth-order valence-corrected chi connectivity index (χ4v) is 1.50. The lowest BCUT2D eigenvalue weighted by molar-refractivity contribution is 0.276. The first-order valence-electron chi connectivity index (χ1n) is 5.40. The summed E-state index contributed by atoms with van der Waals surface area (Å²) in [6.07, 6.45) is 0.539. The third-order valence-corrected chi connectivity index (χ3v) is 2.36. The van der Waals surface area contributed by atoms with E-state index in [2.05, 4.69) is 0 Å². The van der Waals surface area contributed by atoms with Crippen molar-refractivity contribution in [2.24, 2.45) is 5.73 Å². The van der Waals surface area contributed by atoms with Crippen molar-refractivity contribution in [3.63, 3.8) is 0 Å². The van der Waals surface area contributed by atoms with Gasteiger partial charge in [-0.15, -0.1) is 0 Å². The van der Waals surface area contributed by atoms with Crippen molar-refractivity contribution in [3.05, 3.63) is 23.8 Å². The van der Waals surface area contributed by atoms with Gasteiger partial charge in [-0.2, -0.15) is 0 Å². The molecule has 90 valence electrons. The van der Waals surface area contributed by atoms with E-state index >= 15 is 0 Å². The number of hydrogen-bond donors (Lipinski definition) is 2. The minimum absolute atomic E-state index is 0.0801. The van der Waals surface area contributed by atoms with Gasteiger partial charge in [0.05, 0.1) is 13.7 Å². The zero-order valence-corrected chi connectivity index (χ0v) is 9.77. The van der Waals surface area contributed by atoms with Crippen LogP contribution in [0, 0.1) is 0 Å². The Morgan fingerprint density at radius 2 is 2.12 bits per heavy atom. The van der Waals surface area contributed by atoms with Crippen LogP contribution in [-0.2, 0) is 0 Å². The molecule has 0 saturated carbocycles. The number of hydrogen-bond acceptors (Lipinski definition) is 4. The highest BCUT2D eigenvalue weighted by molar-refractivity contribution is 5.43. The summed E-state index contributed by atoms with van der Waals surface area (Å²) >= 11 is 0. The first kappa shape index (κ1) is 12.8. The van der Waals surface area contributed by atoms with Crippen LogP contribution in [0.4, 0.5) is 0 Å². The summed E-state index contributed by atoms with van der Waals surface area (Å²) < 4.78 is 10.6. The van der Waals surface area contributed by atoms with Gasteiger partial charge in [0, 0.05) is 12.6 Å². The van der Waals surface area contributed by atoms with Gasteiger partial charge < -0.3 is 20.3 Å². The molecule has 4 nitrogen and oxygen atoms in total. The predicted octanol–water partition coefficient (Wildman–Crippen LogP) is 1.48. The summed E-state index contributed by atoms with van der Waals surface area (Å²) in [7, 11) is 1.60. The maximum Gasteiger partial charge on any atom is 0.161 e. The van der Waals surface area contributed by atoms with E-state index in [4.69, 9.17) is 20.3 Å². The molecule has 0 aliphatic rings. The summed E-state index contributed by atoms with van der Waals surface area (Å²) in [5, 5.41) is 8.83. The second-order valence-electron chi connectivity index (χ2n) is 3.46. The SMILES string of the molecule is CCOc1ccc([C@H](N)CCO)cc1OC. The van der Waals surface area contributed by atoms with Crippen LogP contribution in [-0.4, -0.2) is 25.4 Å². The van der Waals surface area contributed by atoms with Gasteiger partial charge in [0.1, 0.15) is 0 Å². The number of aliphatic hydroxyl groups excluding tert-OH is 1. The van der Waals surface area contributed by atoms with E-state index in [-0.39, 0.29) is 12.6 Å². The molecule has 0 bridgehead atoms. The normalized spacial score (nSPS) is 12.2. The molecule has 0 heterocycles. The lowest BCUT2D eigenvalue weighted by atomic mass is 10.0. The third kappa shape index (κ3) is 3.12. The standard InChI is InChI=1S/C12H19NO3/c1-3-16-11-5-4-9(8-12(11)15-2)10(13)6-7-14/h4-5,8,10,14H,3,6-7,13H2,1-2H3/t10-/m1/s1. The predicted molar refractivity (Wildman–Crippen MR) is 62.8 cm³/mol. The molecular weight excluding hydrogens is 206 g/mol. The Labute approximate surface area is 96.0 Å². The first-order chi connectivity index (χ1) is 7.72. The number of ether oxygens (including phenoxy) is 2. The second kappa shape index (κ2) is 6.35. The van der Waals surface area contributed by atoms with Crippen molar-refractivity contribution < 1.29 is 14.6 Å². The highest BCUT2D eigenvalue weighted by Gasteiger charge is 2.10. The van der Waals surface area contributed by atoms with Crippen molar-refractivity contribution in [2.45, 2.75) is 19.4 Å². The molecule has 3 N–H and O–H groups in total. The van der Waals surface area contributed by atoms with Gasteiger partial charge in [-0.25, -0.2) is 0 Å². The van der Waals surface area contributed by atoms with Crippen LogP contribution in [0.5, 0.6) is 11.5 Å². The van der Waals surface area contributed by atoms with Gasteiger partial charge in [-0.3, -0.25) is 0 Å². The fourth-order valence-electron chi connectivity index (χ4n) is 1.50. The zero-order valence-electron chi connectivity index (χ0n) is 9.77. The first-order valence-corrected chi connectivity index (χ1v) is 5.40.